The molecule has 0 aromatic heterocycles. The lowest BCUT2D eigenvalue weighted by atomic mass is 10.2. The minimum Gasteiger partial charge on any atom is -0.350 e. The van der Waals surface area contributed by atoms with Crippen molar-refractivity contribution < 1.29 is 14.4 Å². The normalized spacial score (nSPS) is 10.0. The van der Waals surface area contributed by atoms with E-state index in [9.17, 15) is 14.4 Å². The number of hydrogen-bond donors (Lipinski definition) is 3. The highest BCUT2D eigenvalue weighted by Gasteiger charge is 2.07. The van der Waals surface area contributed by atoms with Gasteiger partial charge in [0, 0.05) is 41.3 Å². The van der Waals surface area contributed by atoms with Crippen LogP contribution in [-0.4, -0.2) is 30.8 Å². The fourth-order valence-corrected chi connectivity index (χ4v) is 2.49. The van der Waals surface area contributed by atoms with E-state index in [-0.39, 0.29) is 17.7 Å². The summed E-state index contributed by atoms with van der Waals surface area (Å²) in [5.74, 6) is -0.611. The number of rotatable bonds is 6. The maximum atomic E-state index is 12.0. The van der Waals surface area contributed by atoms with Crippen molar-refractivity contribution in [2.24, 2.45) is 0 Å². The molecule has 0 saturated heterocycles. The van der Waals surface area contributed by atoms with Crippen molar-refractivity contribution in [3.63, 3.8) is 0 Å². The monoisotopic (exact) mass is 403 g/mol. The van der Waals surface area contributed by atoms with Gasteiger partial charge in [0.25, 0.3) is 11.8 Å². The minimum absolute atomic E-state index is 0.168. The van der Waals surface area contributed by atoms with Crippen LogP contribution in [0.25, 0.3) is 0 Å². The molecule has 0 fully saturated rings. The Balaban J connectivity index is 1.76. The highest BCUT2D eigenvalue weighted by Crippen LogP contribution is 2.11. The number of halogens is 1. The molecule has 0 aliphatic rings. The predicted octanol–water partition coefficient (Wildman–Crippen LogP) is 2.57. The van der Waals surface area contributed by atoms with Crippen molar-refractivity contribution in [1.82, 2.24) is 10.6 Å². The van der Waals surface area contributed by atoms with E-state index in [0.717, 1.165) is 4.47 Å². The summed E-state index contributed by atoms with van der Waals surface area (Å²) in [5, 5.41) is 8.10. The number of carbonyl (C=O) groups is 3. The molecule has 0 atom stereocenters. The van der Waals surface area contributed by atoms with Crippen LogP contribution in [0.2, 0.25) is 0 Å². The van der Waals surface area contributed by atoms with Gasteiger partial charge in [0.1, 0.15) is 0 Å². The fourth-order valence-electron chi connectivity index (χ4n) is 2.09. The Morgan fingerprint density at radius 2 is 1.48 bits per heavy atom. The third-order valence-corrected chi connectivity index (χ3v) is 3.74. The molecule has 7 heteroatoms. The van der Waals surface area contributed by atoms with E-state index in [1.54, 1.807) is 42.5 Å². The van der Waals surface area contributed by atoms with E-state index < -0.39 is 0 Å². The van der Waals surface area contributed by atoms with Gasteiger partial charge in [-0.3, -0.25) is 14.4 Å². The van der Waals surface area contributed by atoms with Crippen molar-refractivity contribution in [2.45, 2.75) is 6.92 Å². The van der Waals surface area contributed by atoms with Crippen LogP contribution in [0.3, 0.4) is 0 Å². The van der Waals surface area contributed by atoms with Crippen molar-refractivity contribution in [2.75, 3.05) is 18.4 Å². The average molecular weight is 404 g/mol. The van der Waals surface area contributed by atoms with Gasteiger partial charge < -0.3 is 16.0 Å². The second-order valence-electron chi connectivity index (χ2n) is 5.28. The number of anilines is 1. The molecule has 25 heavy (non-hydrogen) atoms. The van der Waals surface area contributed by atoms with Gasteiger partial charge in [0.2, 0.25) is 5.91 Å². The Bertz CT molecular complexity index is 775. The lowest BCUT2D eigenvalue weighted by molar-refractivity contribution is -0.114. The summed E-state index contributed by atoms with van der Waals surface area (Å²) >= 11 is 3.32. The van der Waals surface area contributed by atoms with Gasteiger partial charge in [-0.1, -0.05) is 22.0 Å². The first kappa shape index (κ1) is 18.7. The van der Waals surface area contributed by atoms with Crippen LogP contribution in [-0.2, 0) is 4.79 Å². The molecule has 0 aliphatic heterocycles. The molecule has 0 heterocycles. The van der Waals surface area contributed by atoms with Crippen molar-refractivity contribution >= 4 is 39.3 Å². The summed E-state index contributed by atoms with van der Waals surface area (Å²) in [6, 6.07) is 13.6. The van der Waals surface area contributed by atoms with Gasteiger partial charge in [-0.05, 0) is 42.5 Å². The number of amides is 3. The molecule has 0 radical (unpaired) electrons. The van der Waals surface area contributed by atoms with Crippen molar-refractivity contribution in [1.29, 1.82) is 0 Å². The maximum Gasteiger partial charge on any atom is 0.251 e. The van der Waals surface area contributed by atoms with E-state index in [1.165, 1.54) is 6.92 Å². The van der Waals surface area contributed by atoms with E-state index in [1.807, 2.05) is 6.07 Å². The molecule has 0 spiro atoms. The maximum absolute atomic E-state index is 12.0. The molecule has 0 bridgehead atoms. The Morgan fingerprint density at radius 3 is 2.04 bits per heavy atom. The molecule has 130 valence electrons. The lowest BCUT2D eigenvalue weighted by Crippen LogP contribution is -2.34. The van der Waals surface area contributed by atoms with E-state index in [2.05, 4.69) is 31.9 Å². The molecule has 2 aromatic rings. The molecule has 2 aromatic carbocycles. The van der Waals surface area contributed by atoms with Gasteiger partial charge in [-0.15, -0.1) is 0 Å². The third-order valence-electron chi connectivity index (χ3n) is 3.25. The molecular weight excluding hydrogens is 386 g/mol. The van der Waals surface area contributed by atoms with Crippen LogP contribution < -0.4 is 16.0 Å². The SMILES string of the molecule is CC(=O)Nc1ccc(C(=O)NCCNC(=O)c2cccc(Br)c2)cc1. The third kappa shape index (κ3) is 6.04. The zero-order valence-electron chi connectivity index (χ0n) is 13.6. The van der Waals surface area contributed by atoms with Crippen LogP contribution in [0.5, 0.6) is 0 Å². The number of carbonyl (C=O) groups excluding carboxylic acids is 3. The second kappa shape index (κ2) is 8.98. The van der Waals surface area contributed by atoms with E-state index in [0.29, 0.717) is 29.9 Å². The summed E-state index contributed by atoms with van der Waals surface area (Å²) in [6.45, 7) is 2.05. The molecule has 0 unspecified atom stereocenters. The molecule has 0 saturated carbocycles. The Hall–Kier alpha value is -2.67. The van der Waals surface area contributed by atoms with Gasteiger partial charge in [0.05, 0.1) is 0 Å². The summed E-state index contributed by atoms with van der Waals surface area (Å²) in [7, 11) is 0. The minimum atomic E-state index is -0.244. The van der Waals surface area contributed by atoms with Crippen LogP contribution >= 0.6 is 15.9 Å². The number of hydrogen-bond acceptors (Lipinski definition) is 3. The highest BCUT2D eigenvalue weighted by atomic mass is 79.9. The Labute approximate surface area is 154 Å². The number of benzene rings is 2. The largest absolute Gasteiger partial charge is 0.350 e. The first-order valence-electron chi connectivity index (χ1n) is 7.65. The Morgan fingerprint density at radius 1 is 0.880 bits per heavy atom. The smallest absolute Gasteiger partial charge is 0.251 e. The van der Waals surface area contributed by atoms with Gasteiger partial charge in [0.15, 0.2) is 0 Å². The van der Waals surface area contributed by atoms with Gasteiger partial charge in [-0.25, -0.2) is 0 Å². The molecular formula is C18H18BrN3O3. The molecule has 6 nitrogen and oxygen atoms in total. The summed E-state index contributed by atoms with van der Waals surface area (Å²) in [4.78, 5) is 34.9. The molecule has 0 aliphatic carbocycles. The van der Waals surface area contributed by atoms with E-state index in [4.69, 9.17) is 0 Å². The first-order chi connectivity index (χ1) is 12.0. The van der Waals surface area contributed by atoms with Crippen LogP contribution in [0.4, 0.5) is 5.69 Å². The van der Waals surface area contributed by atoms with Crippen molar-refractivity contribution in [3.8, 4) is 0 Å². The zero-order chi connectivity index (χ0) is 18.2. The Kier molecular flexibility index (Phi) is 6.71. The average Bonchev–Trinajstić information content (AvgIpc) is 2.58. The van der Waals surface area contributed by atoms with Gasteiger partial charge >= 0.3 is 0 Å². The summed E-state index contributed by atoms with van der Waals surface area (Å²) in [5.41, 5.74) is 1.66. The van der Waals surface area contributed by atoms with Crippen LogP contribution in [0, 0.1) is 0 Å². The molecule has 3 N–H and O–H groups in total. The van der Waals surface area contributed by atoms with Crippen LogP contribution in [0.1, 0.15) is 27.6 Å². The lowest BCUT2D eigenvalue weighted by Gasteiger charge is -2.08. The molecule has 2 rings (SSSR count). The number of nitrogens with one attached hydrogen (secondary N) is 3. The zero-order valence-corrected chi connectivity index (χ0v) is 15.2. The molecule has 3 amide bonds. The predicted molar refractivity (Wildman–Crippen MR) is 99.6 cm³/mol. The summed E-state index contributed by atoms with van der Waals surface area (Å²) < 4.78 is 0.830. The standard InChI is InChI=1S/C18H18BrN3O3/c1-12(23)22-16-7-5-13(6-8-16)17(24)20-9-10-21-18(25)14-3-2-4-15(19)11-14/h2-8,11H,9-10H2,1H3,(H,20,24)(H,21,25)(H,22,23). The highest BCUT2D eigenvalue weighted by molar-refractivity contribution is 9.10. The quantitative estimate of drug-likeness (QED) is 0.647. The first-order valence-corrected chi connectivity index (χ1v) is 8.44. The van der Waals surface area contributed by atoms with Crippen LogP contribution in [0.15, 0.2) is 53.0 Å². The van der Waals surface area contributed by atoms with Gasteiger partial charge in [-0.2, -0.15) is 0 Å². The fraction of sp³-hybridized carbons (Fsp3) is 0.167. The second-order valence-corrected chi connectivity index (χ2v) is 6.20. The van der Waals surface area contributed by atoms with Crippen molar-refractivity contribution in [3.05, 3.63) is 64.1 Å². The summed E-state index contributed by atoms with van der Waals surface area (Å²) in [6.07, 6.45) is 0. The van der Waals surface area contributed by atoms with E-state index >= 15 is 0 Å². The topological polar surface area (TPSA) is 87.3 Å².